The highest BCUT2D eigenvalue weighted by atomic mass is 16.2. The molecule has 1 heterocycles. The third-order valence-electron chi connectivity index (χ3n) is 6.50. The molecule has 0 aliphatic carbocycles. The highest BCUT2D eigenvalue weighted by molar-refractivity contribution is 6.10. The van der Waals surface area contributed by atoms with Crippen LogP contribution in [0.2, 0.25) is 0 Å². The van der Waals surface area contributed by atoms with Gasteiger partial charge in [-0.2, -0.15) is 0 Å². The Kier molecular flexibility index (Phi) is 6.55. The molecule has 0 aromatic heterocycles. The Hall–Kier alpha value is -4.75. The summed E-state index contributed by atoms with van der Waals surface area (Å²) in [6.45, 7) is 7.27. The van der Waals surface area contributed by atoms with Gasteiger partial charge in [-0.1, -0.05) is 115 Å². The molecule has 174 valence electrons. The minimum absolute atomic E-state index is 0.192. The van der Waals surface area contributed by atoms with E-state index in [0.717, 1.165) is 22.3 Å². The molecule has 1 aliphatic heterocycles. The third-order valence-corrected chi connectivity index (χ3v) is 6.50. The standard InChI is InChI=1S/C32H24N2O2/c1-33-28-14-8-11-24(21-28)22-29-30(20-15-23-9-4-2-5-10-23)34(32(29)36)31(35)27-18-16-26(17-19-27)25-12-6-3-7-13-25/h2-21,29-30H,22H2/t29-,30-/m1/s1. The fourth-order valence-corrected chi connectivity index (χ4v) is 4.59. The first-order valence-corrected chi connectivity index (χ1v) is 11.9. The highest BCUT2D eigenvalue weighted by Gasteiger charge is 2.49. The second kappa shape index (κ2) is 10.2. The Morgan fingerprint density at radius 1 is 0.833 bits per heavy atom. The van der Waals surface area contributed by atoms with Gasteiger partial charge < -0.3 is 0 Å². The minimum atomic E-state index is -0.365. The van der Waals surface area contributed by atoms with Crippen LogP contribution in [0.15, 0.2) is 115 Å². The Balaban J connectivity index is 1.40. The first-order chi connectivity index (χ1) is 17.6. The lowest BCUT2D eigenvalue weighted by molar-refractivity contribution is -0.147. The molecule has 1 saturated heterocycles. The van der Waals surface area contributed by atoms with E-state index >= 15 is 0 Å². The summed E-state index contributed by atoms with van der Waals surface area (Å²) in [6.07, 6.45) is 4.37. The van der Waals surface area contributed by atoms with Crippen molar-refractivity contribution >= 4 is 23.6 Å². The summed E-state index contributed by atoms with van der Waals surface area (Å²) < 4.78 is 0. The summed E-state index contributed by atoms with van der Waals surface area (Å²) in [5, 5.41) is 0. The maximum absolute atomic E-state index is 13.4. The molecule has 1 fully saturated rings. The van der Waals surface area contributed by atoms with Crippen LogP contribution in [0.4, 0.5) is 5.69 Å². The summed E-state index contributed by atoms with van der Waals surface area (Å²) in [6, 6.07) is 34.1. The number of likely N-dealkylation sites (tertiary alicyclic amines) is 1. The summed E-state index contributed by atoms with van der Waals surface area (Å²) >= 11 is 0. The van der Waals surface area contributed by atoms with Gasteiger partial charge >= 0.3 is 0 Å². The van der Waals surface area contributed by atoms with Gasteiger partial charge in [-0.15, -0.1) is 0 Å². The maximum atomic E-state index is 13.4. The van der Waals surface area contributed by atoms with E-state index in [2.05, 4.69) is 4.85 Å². The Labute approximate surface area is 211 Å². The van der Waals surface area contributed by atoms with Crippen molar-refractivity contribution in [3.63, 3.8) is 0 Å². The smallest absolute Gasteiger partial charge is 0.261 e. The molecular weight excluding hydrogens is 444 g/mol. The molecule has 4 heteroatoms. The number of nitrogens with zero attached hydrogens (tertiary/aromatic N) is 2. The normalized spacial score (nSPS) is 17.0. The average molecular weight is 469 g/mol. The van der Waals surface area contributed by atoms with Gasteiger partial charge in [0.1, 0.15) is 0 Å². The molecule has 4 nitrogen and oxygen atoms in total. The number of imide groups is 1. The zero-order valence-corrected chi connectivity index (χ0v) is 19.6. The van der Waals surface area contributed by atoms with Crippen LogP contribution in [0.5, 0.6) is 0 Å². The molecule has 0 N–H and O–H groups in total. The number of carbonyl (C=O) groups excluding carboxylic acids is 2. The predicted octanol–water partition coefficient (Wildman–Crippen LogP) is 6.83. The monoisotopic (exact) mass is 468 g/mol. The SMILES string of the molecule is [C-]#[N+]c1cccc(C[C@H]2C(=O)N(C(=O)c3ccc(-c4ccccc4)cc3)[C@@H]2C=Cc2ccccc2)c1. The Morgan fingerprint density at radius 3 is 2.19 bits per heavy atom. The van der Waals surface area contributed by atoms with Crippen LogP contribution >= 0.6 is 0 Å². The van der Waals surface area contributed by atoms with Crippen molar-refractivity contribution in [2.75, 3.05) is 0 Å². The number of β-lactam (4-membered cyclic amide) rings is 1. The quantitative estimate of drug-likeness (QED) is 0.177. The van der Waals surface area contributed by atoms with Crippen LogP contribution in [-0.4, -0.2) is 22.8 Å². The summed E-state index contributed by atoms with van der Waals surface area (Å²) in [7, 11) is 0. The summed E-state index contributed by atoms with van der Waals surface area (Å²) in [5.41, 5.74) is 5.03. The average Bonchev–Trinajstić information content (AvgIpc) is 2.95. The molecule has 36 heavy (non-hydrogen) atoms. The molecule has 0 bridgehead atoms. The number of hydrogen-bond acceptors (Lipinski definition) is 2. The van der Waals surface area contributed by atoms with E-state index in [9.17, 15) is 9.59 Å². The van der Waals surface area contributed by atoms with Gasteiger partial charge in [-0.3, -0.25) is 14.5 Å². The Bertz CT molecular complexity index is 1450. The molecule has 0 radical (unpaired) electrons. The van der Waals surface area contributed by atoms with Crippen molar-refractivity contribution in [3.05, 3.63) is 143 Å². The second-order valence-electron chi connectivity index (χ2n) is 8.81. The zero-order chi connectivity index (χ0) is 24.9. The predicted molar refractivity (Wildman–Crippen MR) is 142 cm³/mol. The largest absolute Gasteiger partial charge is 0.274 e. The van der Waals surface area contributed by atoms with Gasteiger partial charge in [0.15, 0.2) is 5.69 Å². The summed E-state index contributed by atoms with van der Waals surface area (Å²) in [4.78, 5) is 31.5. The van der Waals surface area contributed by atoms with Gasteiger partial charge in [0.25, 0.3) is 5.91 Å². The molecule has 0 spiro atoms. The molecule has 0 saturated carbocycles. The molecule has 4 aromatic carbocycles. The van der Waals surface area contributed by atoms with E-state index in [1.807, 2.05) is 103 Å². The van der Waals surface area contributed by atoms with Gasteiger partial charge in [0.2, 0.25) is 5.91 Å². The van der Waals surface area contributed by atoms with E-state index in [1.165, 1.54) is 4.90 Å². The maximum Gasteiger partial charge on any atom is 0.261 e. The van der Waals surface area contributed by atoms with Gasteiger partial charge in [0, 0.05) is 5.56 Å². The van der Waals surface area contributed by atoms with Crippen molar-refractivity contribution in [3.8, 4) is 11.1 Å². The minimum Gasteiger partial charge on any atom is -0.274 e. The number of amides is 2. The van der Waals surface area contributed by atoms with E-state index in [-0.39, 0.29) is 23.8 Å². The first kappa shape index (κ1) is 23.0. The van der Waals surface area contributed by atoms with Crippen LogP contribution in [0.3, 0.4) is 0 Å². The van der Waals surface area contributed by atoms with Crippen molar-refractivity contribution in [2.24, 2.45) is 5.92 Å². The number of carbonyl (C=O) groups is 2. The van der Waals surface area contributed by atoms with E-state index < -0.39 is 0 Å². The topological polar surface area (TPSA) is 41.7 Å². The van der Waals surface area contributed by atoms with Crippen molar-refractivity contribution in [1.29, 1.82) is 0 Å². The molecule has 0 unspecified atom stereocenters. The van der Waals surface area contributed by atoms with Crippen molar-refractivity contribution in [1.82, 2.24) is 4.90 Å². The van der Waals surface area contributed by atoms with Crippen LogP contribution in [-0.2, 0) is 11.2 Å². The molecular formula is C32H24N2O2. The highest BCUT2D eigenvalue weighted by Crippen LogP contribution is 2.34. The van der Waals surface area contributed by atoms with Crippen molar-refractivity contribution in [2.45, 2.75) is 12.5 Å². The molecule has 4 aromatic rings. The van der Waals surface area contributed by atoms with Crippen LogP contribution < -0.4 is 0 Å². The molecule has 1 aliphatic rings. The molecule has 2 amide bonds. The lowest BCUT2D eigenvalue weighted by Crippen LogP contribution is -2.62. The van der Waals surface area contributed by atoms with Crippen molar-refractivity contribution < 1.29 is 9.59 Å². The summed E-state index contributed by atoms with van der Waals surface area (Å²) in [5.74, 6) is -0.852. The van der Waals surface area contributed by atoms with Gasteiger partial charge in [-0.25, -0.2) is 4.85 Å². The van der Waals surface area contributed by atoms with Crippen LogP contribution in [0.1, 0.15) is 21.5 Å². The zero-order valence-electron chi connectivity index (χ0n) is 19.6. The number of benzene rings is 4. The second-order valence-corrected chi connectivity index (χ2v) is 8.81. The molecule has 5 rings (SSSR count). The third kappa shape index (κ3) is 4.73. The van der Waals surface area contributed by atoms with E-state index in [4.69, 9.17) is 6.57 Å². The van der Waals surface area contributed by atoms with Crippen LogP contribution in [0, 0.1) is 12.5 Å². The lowest BCUT2D eigenvalue weighted by Gasteiger charge is -2.44. The fraction of sp³-hybridized carbons (Fsp3) is 0.0938. The lowest BCUT2D eigenvalue weighted by atomic mass is 9.81. The van der Waals surface area contributed by atoms with E-state index in [1.54, 1.807) is 18.2 Å². The Morgan fingerprint density at radius 2 is 1.50 bits per heavy atom. The van der Waals surface area contributed by atoms with Gasteiger partial charge in [-0.05, 0) is 35.2 Å². The van der Waals surface area contributed by atoms with E-state index in [0.29, 0.717) is 17.7 Å². The first-order valence-electron chi connectivity index (χ1n) is 11.9. The molecule has 2 atom stereocenters. The number of hydrogen-bond donors (Lipinski definition) is 0. The van der Waals surface area contributed by atoms with Gasteiger partial charge in [0.05, 0.1) is 18.5 Å². The fourth-order valence-electron chi connectivity index (χ4n) is 4.59. The van der Waals surface area contributed by atoms with Crippen LogP contribution in [0.25, 0.3) is 22.0 Å². The number of rotatable bonds is 6.